The molecule has 1 atom stereocenters. The normalized spacial score (nSPS) is 12.2. The Morgan fingerprint density at radius 1 is 1.41 bits per heavy atom. The van der Waals surface area contributed by atoms with E-state index in [1.54, 1.807) is 12.1 Å². The predicted molar refractivity (Wildman–Crippen MR) is 80.4 cm³/mol. The van der Waals surface area contributed by atoms with Gasteiger partial charge in [-0.1, -0.05) is 5.16 Å². The fourth-order valence-corrected chi connectivity index (χ4v) is 2.67. The maximum Gasteiger partial charge on any atom is 0.273 e. The van der Waals surface area contributed by atoms with E-state index in [1.165, 1.54) is 23.7 Å². The van der Waals surface area contributed by atoms with E-state index in [9.17, 15) is 9.90 Å². The second-order valence-corrected chi connectivity index (χ2v) is 5.45. The van der Waals surface area contributed by atoms with E-state index >= 15 is 0 Å². The van der Waals surface area contributed by atoms with Crippen LogP contribution in [-0.2, 0) is 0 Å². The molecule has 3 aromatic heterocycles. The molecule has 0 unspecified atom stereocenters. The molecule has 3 aromatic rings. The lowest BCUT2D eigenvalue weighted by Crippen LogP contribution is -2.25. The van der Waals surface area contributed by atoms with Gasteiger partial charge in [-0.05, 0) is 40.9 Å². The molecule has 0 spiro atoms. The molecule has 1 amide bonds. The molecule has 0 fully saturated rings. The van der Waals surface area contributed by atoms with Gasteiger partial charge in [0.05, 0.1) is 12.4 Å². The summed E-state index contributed by atoms with van der Waals surface area (Å²) in [6, 6.07) is 6.83. The summed E-state index contributed by atoms with van der Waals surface area (Å²) in [5.74, 6) is 0.562. The summed E-state index contributed by atoms with van der Waals surface area (Å²) < 4.78 is 10.2. The van der Waals surface area contributed by atoms with Gasteiger partial charge in [0.2, 0.25) is 5.76 Å². The van der Waals surface area contributed by atoms with Gasteiger partial charge < -0.3 is 19.4 Å². The molecule has 6 nitrogen and oxygen atoms in total. The molecular formula is C15H14N2O4S. The van der Waals surface area contributed by atoms with Crippen molar-refractivity contribution in [3.05, 3.63) is 52.5 Å². The lowest BCUT2D eigenvalue weighted by molar-refractivity contribution is 0.0934. The van der Waals surface area contributed by atoms with Crippen molar-refractivity contribution in [1.82, 2.24) is 10.5 Å². The third-order valence-corrected chi connectivity index (χ3v) is 3.84. The van der Waals surface area contributed by atoms with Crippen LogP contribution in [0.1, 0.15) is 28.6 Å². The number of nitrogens with zero attached hydrogens (tertiary/aromatic N) is 1. The van der Waals surface area contributed by atoms with Gasteiger partial charge in [-0.15, -0.1) is 0 Å². The third kappa shape index (κ3) is 3.26. The summed E-state index contributed by atoms with van der Waals surface area (Å²) in [5, 5.41) is 20.1. The van der Waals surface area contributed by atoms with Crippen LogP contribution in [0.2, 0.25) is 0 Å². The Hall–Kier alpha value is -2.38. The largest absolute Gasteiger partial charge is 0.461 e. The minimum absolute atomic E-state index is 0.177. The van der Waals surface area contributed by atoms with Crippen molar-refractivity contribution in [2.45, 2.75) is 12.5 Å². The molecule has 0 aliphatic rings. The first-order valence-electron chi connectivity index (χ1n) is 6.73. The van der Waals surface area contributed by atoms with Crippen LogP contribution in [0.5, 0.6) is 0 Å². The number of aliphatic hydroxyl groups is 1. The van der Waals surface area contributed by atoms with E-state index < -0.39 is 6.10 Å². The maximum atomic E-state index is 12.0. The highest BCUT2D eigenvalue weighted by Gasteiger charge is 2.15. The Morgan fingerprint density at radius 3 is 3.05 bits per heavy atom. The highest BCUT2D eigenvalue weighted by Crippen LogP contribution is 2.21. The molecule has 2 N–H and O–H groups in total. The molecule has 3 rings (SSSR count). The van der Waals surface area contributed by atoms with Gasteiger partial charge in [0, 0.05) is 12.6 Å². The third-order valence-electron chi connectivity index (χ3n) is 3.14. The van der Waals surface area contributed by atoms with Gasteiger partial charge in [-0.3, -0.25) is 4.79 Å². The average molecular weight is 318 g/mol. The van der Waals surface area contributed by atoms with Crippen LogP contribution >= 0.6 is 11.3 Å². The average Bonchev–Trinajstić information content (AvgIpc) is 3.26. The first-order valence-corrected chi connectivity index (χ1v) is 7.67. The number of furan rings is 1. The molecule has 7 heteroatoms. The summed E-state index contributed by atoms with van der Waals surface area (Å²) in [4.78, 5) is 12.0. The van der Waals surface area contributed by atoms with E-state index in [2.05, 4.69) is 10.5 Å². The molecule has 0 saturated carbocycles. The van der Waals surface area contributed by atoms with Crippen LogP contribution < -0.4 is 5.32 Å². The Bertz CT molecular complexity index is 719. The number of hydrogen-bond acceptors (Lipinski definition) is 6. The molecule has 0 aliphatic heterocycles. The Balaban J connectivity index is 1.52. The zero-order valence-corrected chi connectivity index (χ0v) is 12.4. The molecule has 0 bridgehead atoms. The number of aliphatic hydroxyl groups excluding tert-OH is 1. The molecule has 0 aromatic carbocycles. The number of hydrogen-bond donors (Lipinski definition) is 2. The summed E-state index contributed by atoms with van der Waals surface area (Å²) in [6.45, 7) is 0.346. The van der Waals surface area contributed by atoms with Crippen molar-refractivity contribution in [3.8, 4) is 11.5 Å². The van der Waals surface area contributed by atoms with Crippen LogP contribution in [-0.4, -0.2) is 22.7 Å². The number of nitrogens with one attached hydrogen (secondary N) is 1. The highest BCUT2D eigenvalue weighted by atomic mass is 32.1. The number of aromatic nitrogens is 1. The van der Waals surface area contributed by atoms with Gasteiger partial charge in [-0.25, -0.2) is 0 Å². The Morgan fingerprint density at radius 2 is 2.32 bits per heavy atom. The molecule has 3 heterocycles. The quantitative estimate of drug-likeness (QED) is 0.729. The van der Waals surface area contributed by atoms with Crippen molar-refractivity contribution in [1.29, 1.82) is 0 Å². The van der Waals surface area contributed by atoms with Gasteiger partial charge in [-0.2, -0.15) is 11.3 Å². The van der Waals surface area contributed by atoms with Crippen molar-refractivity contribution in [3.63, 3.8) is 0 Å². The van der Waals surface area contributed by atoms with E-state index in [4.69, 9.17) is 8.94 Å². The standard InChI is InChI=1S/C15H14N2O4S/c18-12(10-4-7-22-9-10)3-5-16-15(19)11-8-14(21-17-11)13-2-1-6-20-13/h1-2,4,6-9,12,18H,3,5H2,(H,16,19)/t12-/m1/s1. The van der Waals surface area contributed by atoms with Gasteiger partial charge >= 0.3 is 0 Å². The van der Waals surface area contributed by atoms with Crippen LogP contribution in [0.25, 0.3) is 11.5 Å². The van der Waals surface area contributed by atoms with E-state index in [-0.39, 0.29) is 11.6 Å². The van der Waals surface area contributed by atoms with Crippen LogP contribution in [0, 0.1) is 0 Å². The van der Waals surface area contributed by atoms with Gasteiger partial charge in [0.15, 0.2) is 11.5 Å². The Labute approximate surface area is 130 Å². The van der Waals surface area contributed by atoms with Crippen molar-refractivity contribution >= 4 is 17.2 Å². The highest BCUT2D eigenvalue weighted by molar-refractivity contribution is 7.07. The number of thiophene rings is 1. The maximum absolute atomic E-state index is 12.0. The molecular weight excluding hydrogens is 304 g/mol. The number of carbonyl (C=O) groups is 1. The number of carbonyl (C=O) groups excluding carboxylic acids is 1. The lowest BCUT2D eigenvalue weighted by Gasteiger charge is -2.08. The van der Waals surface area contributed by atoms with E-state index in [1.807, 2.05) is 16.8 Å². The van der Waals surface area contributed by atoms with Crippen LogP contribution in [0.3, 0.4) is 0 Å². The first kappa shape index (κ1) is 14.6. The fraction of sp³-hybridized carbons (Fsp3) is 0.200. The number of amides is 1. The number of rotatable bonds is 6. The molecule has 114 valence electrons. The second kappa shape index (κ2) is 6.59. The molecule has 22 heavy (non-hydrogen) atoms. The van der Waals surface area contributed by atoms with E-state index in [0.717, 1.165) is 5.56 Å². The second-order valence-electron chi connectivity index (χ2n) is 4.67. The smallest absolute Gasteiger partial charge is 0.273 e. The summed E-state index contributed by atoms with van der Waals surface area (Å²) >= 11 is 1.53. The van der Waals surface area contributed by atoms with Gasteiger partial charge in [0.25, 0.3) is 5.91 Å². The predicted octanol–water partition coefficient (Wildman–Crippen LogP) is 2.85. The summed E-state index contributed by atoms with van der Waals surface area (Å²) in [7, 11) is 0. The van der Waals surface area contributed by atoms with Crippen molar-refractivity contribution in [2.24, 2.45) is 0 Å². The van der Waals surface area contributed by atoms with Crippen molar-refractivity contribution in [2.75, 3.05) is 6.54 Å². The first-order chi connectivity index (χ1) is 10.7. The topological polar surface area (TPSA) is 88.5 Å². The Kier molecular flexibility index (Phi) is 4.36. The molecule has 0 saturated heterocycles. The lowest BCUT2D eigenvalue weighted by atomic mass is 10.1. The van der Waals surface area contributed by atoms with Crippen LogP contribution in [0.4, 0.5) is 0 Å². The molecule has 0 aliphatic carbocycles. The fourth-order valence-electron chi connectivity index (χ4n) is 1.96. The van der Waals surface area contributed by atoms with Gasteiger partial charge in [0.1, 0.15) is 0 Å². The zero-order valence-electron chi connectivity index (χ0n) is 11.6. The summed E-state index contributed by atoms with van der Waals surface area (Å²) in [5.41, 5.74) is 1.04. The van der Waals surface area contributed by atoms with Crippen LogP contribution in [0.15, 0.2) is 50.2 Å². The van der Waals surface area contributed by atoms with E-state index in [0.29, 0.717) is 24.5 Å². The minimum Gasteiger partial charge on any atom is -0.461 e. The SMILES string of the molecule is O=C(NCC[C@@H](O)c1ccsc1)c1cc(-c2ccco2)on1. The minimum atomic E-state index is -0.581. The summed E-state index contributed by atoms with van der Waals surface area (Å²) in [6.07, 6.45) is 1.37. The monoisotopic (exact) mass is 318 g/mol. The zero-order chi connectivity index (χ0) is 15.4. The van der Waals surface area contributed by atoms with Crippen molar-refractivity contribution < 1.29 is 18.8 Å². The molecule has 0 radical (unpaired) electrons.